The summed E-state index contributed by atoms with van der Waals surface area (Å²) < 4.78 is 6.44. The van der Waals surface area contributed by atoms with Crippen LogP contribution in [0.3, 0.4) is 0 Å². The van der Waals surface area contributed by atoms with Crippen LogP contribution in [0.25, 0.3) is 0 Å². The van der Waals surface area contributed by atoms with Gasteiger partial charge in [0.25, 0.3) is 0 Å². The zero-order valence-electron chi connectivity index (χ0n) is 14.1. The van der Waals surface area contributed by atoms with Gasteiger partial charge in [0.15, 0.2) is 0 Å². The molecule has 0 fully saturated rings. The van der Waals surface area contributed by atoms with Crippen molar-refractivity contribution in [1.82, 2.24) is 15.0 Å². The maximum absolute atomic E-state index is 12.7. The van der Waals surface area contributed by atoms with Crippen LogP contribution in [-0.2, 0) is 28.1 Å². The van der Waals surface area contributed by atoms with Gasteiger partial charge in [0.2, 0.25) is 5.91 Å². The Morgan fingerprint density at radius 1 is 1.46 bits per heavy atom. The summed E-state index contributed by atoms with van der Waals surface area (Å²) in [5.41, 5.74) is 1.29. The molecule has 2 heterocycles. The van der Waals surface area contributed by atoms with Crippen LogP contribution in [0.2, 0.25) is 0 Å². The van der Waals surface area contributed by atoms with Gasteiger partial charge < -0.3 is 14.7 Å². The van der Waals surface area contributed by atoms with Crippen molar-refractivity contribution in [3.05, 3.63) is 41.7 Å². The Balaban J connectivity index is 1.75. The molecule has 0 radical (unpaired) electrons. The SMILES string of the molecule is COCC(C)(O)c1cn(CC(=O)N2c3ccccc3CC2C)nn1. The van der Waals surface area contributed by atoms with E-state index in [1.54, 1.807) is 13.1 Å². The number of nitrogens with zero attached hydrogens (tertiary/aromatic N) is 4. The van der Waals surface area contributed by atoms with Crippen molar-refractivity contribution in [1.29, 1.82) is 0 Å². The van der Waals surface area contributed by atoms with Gasteiger partial charge in [0.1, 0.15) is 17.8 Å². The molecule has 7 nitrogen and oxygen atoms in total. The van der Waals surface area contributed by atoms with Gasteiger partial charge in [-0.1, -0.05) is 23.4 Å². The van der Waals surface area contributed by atoms with Crippen LogP contribution in [0.1, 0.15) is 25.1 Å². The summed E-state index contributed by atoms with van der Waals surface area (Å²) >= 11 is 0. The zero-order chi connectivity index (χ0) is 17.3. The van der Waals surface area contributed by atoms with Crippen molar-refractivity contribution < 1.29 is 14.6 Å². The van der Waals surface area contributed by atoms with Gasteiger partial charge in [-0.15, -0.1) is 5.10 Å². The van der Waals surface area contributed by atoms with Gasteiger partial charge in [0.05, 0.1) is 12.8 Å². The molecule has 0 aliphatic carbocycles. The third-order valence-corrected chi connectivity index (χ3v) is 4.29. The fourth-order valence-corrected chi connectivity index (χ4v) is 3.14. The minimum Gasteiger partial charge on any atom is -0.381 e. The first-order chi connectivity index (χ1) is 11.4. The van der Waals surface area contributed by atoms with Crippen LogP contribution in [0.15, 0.2) is 30.5 Å². The molecule has 2 aromatic rings. The smallest absolute Gasteiger partial charge is 0.249 e. The number of hydrogen-bond acceptors (Lipinski definition) is 5. The molecule has 24 heavy (non-hydrogen) atoms. The number of benzene rings is 1. The lowest BCUT2D eigenvalue weighted by Crippen LogP contribution is -2.38. The van der Waals surface area contributed by atoms with Crippen LogP contribution in [0.5, 0.6) is 0 Å². The van der Waals surface area contributed by atoms with E-state index < -0.39 is 5.60 Å². The van der Waals surface area contributed by atoms with E-state index >= 15 is 0 Å². The molecule has 0 bridgehead atoms. The van der Waals surface area contributed by atoms with E-state index in [0.29, 0.717) is 5.69 Å². The standard InChI is InChI=1S/C17H22N4O3/c1-12-8-13-6-4-5-7-14(13)21(12)16(22)10-20-9-15(18-19-20)17(2,23)11-24-3/h4-7,9,12,23H,8,10-11H2,1-3H3. The third kappa shape index (κ3) is 3.05. The molecule has 3 rings (SSSR count). The number of ether oxygens (including phenoxy) is 1. The molecule has 128 valence electrons. The van der Waals surface area contributed by atoms with Crippen LogP contribution >= 0.6 is 0 Å². The lowest BCUT2D eigenvalue weighted by molar-refractivity contribution is -0.119. The summed E-state index contributed by atoms with van der Waals surface area (Å²) in [5, 5.41) is 18.2. The molecule has 1 aliphatic rings. The molecule has 1 aliphatic heterocycles. The highest BCUT2D eigenvalue weighted by atomic mass is 16.5. The van der Waals surface area contributed by atoms with E-state index in [0.717, 1.165) is 12.1 Å². The van der Waals surface area contributed by atoms with Gasteiger partial charge in [-0.05, 0) is 31.9 Å². The van der Waals surface area contributed by atoms with Crippen molar-refractivity contribution in [2.45, 2.75) is 38.5 Å². The molecule has 1 aromatic heterocycles. The second-order valence-corrected chi connectivity index (χ2v) is 6.45. The lowest BCUT2D eigenvalue weighted by atomic mass is 10.1. The number of amides is 1. The van der Waals surface area contributed by atoms with Crippen molar-refractivity contribution >= 4 is 11.6 Å². The molecule has 0 saturated carbocycles. The van der Waals surface area contributed by atoms with E-state index in [1.807, 2.05) is 30.0 Å². The summed E-state index contributed by atoms with van der Waals surface area (Å²) in [5.74, 6) is -0.0460. The quantitative estimate of drug-likeness (QED) is 0.888. The average Bonchev–Trinajstić information content (AvgIpc) is 3.10. The minimum absolute atomic E-state index is 0.0460. The largest absolute Gasteiger partial charge is 0.381 e. The lowest BCUT2D eigenvalue weighted by Gasteiger charge is -2.22. The fourth-order valence-electron chi connectivity index (χ4n) is 3.14. The van der Waals surface area contributed by atoms with Crippen molar-refractivity contribution in [3.63, 3.8) is 0 Å². The fraction of sp³-hybridized carbons (Fsp3) is 0.471. The Labute approximate surface area is 140 Å². The molecule has 7 heteroatoms. The second-order valence-electron chi connectivity index (χ2n) is 6.45. The number of aliphatic hydroxyl groups is 1. The van der Waals surface area contributed by atoms with E-state index in [2.05, 4.69) is 16.4 Å². The first-order valence-electron chi connectivity index (χ1n) is 7.94. The number of hydrogen-bond donors (Lipinski definition) is 1. The van der Waals surface area contributed by atoms with Crippen molar-refractivity contribution in [2.24, 2.45) is 0 Å². The monoisotopic (exact) mass is 330 g/mol. The van der Waals surface area contributed by atoms with Gasteiger partial charge in [-0.3, -0.25) is 4.79 Å². The Morgan fingerprint density at radius 2 is 2.21 bits per heavy atom. The number of para-hydroxylation sites is 1. The summed E-state index contributed by atoms with van der Waals surface area (Å²) in [6.07, 6.45) is 2.44. The number of rotatable bonds is 5. The highest BCUT2D eigenvalue weighted by molar-refractivity contribution is 5.96. The number of aromatic nitrogens is 3. The van der Waals surface area contributed by atoms with Crippen molar-refractivity contribution in [3.8, 4) is 0 Å². The molecule has 0 spiro atoms. The Hall–Kier alpha value is -2.25. The molecule has 2 atom stereocenters. The van der Waals surface area contributed by atoms with E-state index in [-0.39, 0.29) is 25.1 Å². The van der Waals surface area contributed by atoms with Gasteiger partial charge in [0, 0.05) is 18.8 Å². The van der Waals surface area contributed by atoms with Crippen LogP contribution in [-0.4, -0.2) is 45.8 Å². The van der Waals surface area contributed by atoms with Crippen LogP contribution < -0.4 is 4.90 Å². The highest BCUT2D eigenvalue weighted by Gasteiger charge is 2.31. The number of methoxy groups -OCH3 is 1. The first kappa shape index (κ1) is 16.6. The second kappa shape index (κ2) is 6.33. The molecule has 1 amide bonds. The Bertz CT molecular complexity index is 741. The summed E-state index contributed by atoms with van der Waals surface area (Å²) in [6, 6.07) is 8.06. The molecular formula is C17H22N4O3. The van der Waals surface area contributed by atoms with Gasteiger partial charge >= 0.3 is 0 Å². The molecule has 0 saturated heterocycles. The number of carbonyl (C=O) groups excluding carboxylic acids is 1. The number of anilines is 1. The van der Waals surface area contributed by atoms with Gasteiger partial charge in [-0.2, -0.15) is 0 Å². The third-order valence-electron chi connectivity index (χ3n) is 4.29. The highest BCUT2D eigenvalue weighted by Crippen LogP contribution is 2.32. The van der Waals surface area contributed by atoms with Gasteiger partial charge in [-0.25, -0.2) is 4.68 Å². The maximum atomic E-state index is 12.7. The van der Waals surface area contributed by atoms with Crippen LogP contribution in [0.4, 0.5) is 5.69 Å². The summed E-state index contributed by atoms with van der Waals surface area (Å²) in [7, 11) is 1.51. The van der Waals surface area contributed by atoms with E-state index in [4.69, 9.17) is 4.74 Å². The summed E-state index contributed by atoms with van der Waals surface area (Å²) in [6.45, 7) is 3.82. The van der Waals surface area contributed by atoms with E-state index in [1.165, 1.54) is 17.4 Å². The van der Waals surface area contributed by atoms with Crippen LogP contribution in [0, 0.1) is 0 Å². The van der Waals surface area contributed by atoms with Crippen molar-refractivity contribution in [2.75, 3.05) is 18.6 Å². The molecule has 1 aromatic carbocycles. The number of carbonyl (C=O) groups is 1. The Kier molecular flexibility index (Phi) is 4.38. The predicted molar refractivity (Wildman–Crippen MR) is 88.6 cm³/mol. The topological polar surface area (TPSA) is 80.5 Å². The molecule has 1 N–H and O–H groups in total. The number of fused-ring (bicyclic) bond motifs is 1. The first-order valence-corrected chi connectivity index (χ1v) is 7.94. The van der Waals surface area contributed by atoms with E-state index in [9.17, 15) is 9.90 Å². The average molecular weight is 330 g/mol. The predicted octanol–water partition coefficient (Wildman–Crippen LogP) is 1.11. The normalized spacial score (nSPS) is 19.2. The molecule has 2 unspecified atom stereocenters. The zero-order valence-corrected chi connectivity index (χ0v) is 14.1. The Morgan fingerprint density at radius 3 is 2.96 bits per heavy atom. The molecular weight excluding hydrogens is 308 g/mol. The minimum atomic E-state index is -1.23. The summed E-state index contributed by atoms with van der Waals surface area (Å²) in [4.78, 5) is 14.5. The maximum Gasteiger partial charge on any atom is 0.249 e.